The van der Waals surface area contributed by atoms with E-state index in [0.29, 0.717) is 6.42 Å². The number of hydrogen-bond donors (Lipinski definition) is 0. The predicted molar refractivity (Wildman–Crippen MR) is 118 cm³/mol. The van der Waals surface area contributed by atoms with Gasteiger partial charge in [-0.1, -0.05) is 6.92 Å². The normalized spacial score (nSPS) is 15.4. The van der Waals surface area contributed by atoms with Crippen LogP contribution in [0.1, 0.15) is 53.9 Å². The summed E-state index contributed by atoms with van der Waals surface area (Å²) < 4.78 is 30.9. The summed E-state index contributed by atoms with van der Waals surface area (Å²) in [5, 5.41) is 0. The van der Waals surface area contributed by atoms with Gasteiger partial charge in [0.15, 0.2) is 0 Å². The lowest BCUT2D eigenvalue weighted by molar-refractivity contribution is -0.170. The largest absolute Gasteiger partial charge is 0.463 e. The van der Waals surface area contributed by atoms with Gasteiger partial charge in [-0.15, -0.1) is 0 Å². The van der Waals surface area contributed by atoms with Crippen molar-refractivity contribution in [1.82, 2.24) is 0 Å². The third-order valence-electron chi connectivity index (χ3n) is 5.49. The summed E-state index contributed by atoms with van der Waals surface area (Å²) in [6, 6.07) is 0. The first kappa shape index (κ1) is 30.3. The number of carbonyl (C=O) groups is 3. The molecule has 0 spiro atoms. The molecule has 0 aliphatic heterocycles. The quantitative estimate of drug-likeness (QED) is 0.183. The highest BCUT2D eigenvalue weighted by molar-refractivity contribution is 5.82. The molecule has 9 nitrogen and oxygen atoms in total. The molecule has 0 saturated carbocycles. The maximum absolute atomic E-state index is 13.2. The highest BCUT2D eigenvalue weighted by Crippen LogP contribution is 2.45. The van der Waals surface area contributed by atoms with E-state index in [-0.39, 0.29) is 52.5 Å². The number of esters is 3. The van der Waals surface area contributed by atoms with Gasteiger partial charge < -0.3 is 28.4 Å². The van der Waals surface area contributed by atoms with E-state index in [1.807, 2.05) is 6.92 Å². The number of carbonyl (C=O) groups excluding carboxylic acids is 3. The number of methoxy groups -OCH3 is 3. The fourth-order valence-electron chi connectivity index (χ4n) is 3.65. The maximum Gasteiger partial charge on any atom is 0.311 e. The molecule has 0 aliphatic carbocycles. The Hall–Kier alpha value is -1.71. The minimum atomic E-state index is -1.15. The Morgan fingerprint density at radius 3 is 1.31 bits per heavy atom. The molecule has 0 aliphatic rings. The minimum Gasteiger partial charge on any atom is -0.463 e. The van der Waals surface area contributed by atoms with Gasteiger partial charge in [0.05, 0.1) is 36.1 Å². The van der Waals surface area contributed by atoms with Crippen LogP contribution in [-0.4, -0.2) is 78.9 Å². The van der Waals surface area contributed by atoms with Crippen molar-refractivity contribution in [1.29, 1.82) is 0 Å². The molecule has 2 atom stereocenters. The molecule has 2 unspecified atom stereocenters. The Bertz CT molecular complexity index is 590. The van der Waals surface area contributed by atoms with Crippen molar-refractivity contribution in [3.8, 4) is 0 Å². The zero-order chi connectivity index (χ0) is 24.8. The summed E-state index contributed by atoms with van der Waals surface area (Å²) in [6.07, 6.45) is 0.708. The molecule has 188 valence electrons. The fraction of sp³-hybridized carbons (Fsp3) is 0.870. The Balaban J connectivity index is 5.74. The van der Waals surface area contributed by atoms with Gasteiger partial charge in [-0.25, -0.2) is 0 Å². The van der Waals surface area contributed by atoms with E-state index < -0.39 is 34.2 Å². The second-order valence-corrected chi connectivity index (χ2v) is 9.10. The van der Waals surface area contributed by atoms with Crippen LogP contribution in [0.25, 0.3) is 0 Å². The second-order valence-electron chi connectivity index (χ2n) is 9.10. The van der Waals surface area contributed by atoms with Crippen molar-refractivity contribution in [3.05, 3.63) is 0 Å². The van der Waals surface area contributed by atoms with Crippen molar-refractivity contribution in [2.45, 2.75) is 53.9 Å². The summed E-state index contributed by atoms with van der Waals surface area (Å²) in [7, 11) is 4.55. The van der Waals surface area contributed by atoms with Crippen LogP contribution >= 0.6 is 0 Å². The molecule has 0 radical (unpaired) electrons. The van der Waals surface area contributed by atoms with Crippen LogP contribution in [-0.2, 0) is 42.8 Å². The van der Waals surface area contributed by atoms with Crippen molar-refractivity contribution in [2.75, 3.05) is 61.0 Å². The molecule has 9 heteroatoms. The lowest BCUT2D eigenvalue weighted by Crippen LogP contribution is -2.44. The molecule has 0 heterocycles. The summed E-state index contributed by atoms with van der Waals surface area (Å²) in [6.45, 7) is 9.87. The highest BCUT2D eigenvalue weighted by atomic mass is 16.6. The van der Waals surface area contributed by atoms with E-state index in [4.69, 9.17) is 28.4 Å². The van der Waals surface area contributed by atoms with Gasteiger partial charge in [0, 0.05) is 21.3 Å². The Kier molecular flexibility index (Phi) is 13.7. The van der Waals surface area contributed by atoms with Gasteiger partial charge in [-0.05, 0) is 47.0 Å². The van der Waals surface area contributed by atoms with Crippen LogP contribution < -0.4 is 0 Å². The zero-order valence-electron chi connectivity index (χ0n) is 21.0. The van der Waals surface area contributed by atoms with Crippen LogP contribution in [0.15, 0.2) is 0 Å². The molecule has 0 bridgehead atoms. The fourth-order valence-corrected chi connectivity index (χ4v) is 3.65. The SMILES string of the molecule is CCC(C)(CC(C)(CC(C)(C)C(=O)OCCOC)C(=O)OCCOC)C(=O)OCCOC. The van der Waals surface area contributed by atoms with Crippen molar-refractivity contribution < 1.29 is 42.8 Å². The van der Waals surface area contributed by atoms with Crippen molar-refractivity contribution in [3.63, 3.8) is 0 Å². The average molecular weight is 463 g/mol. The Labute approximate surface area is 192 Å². The molecule has 0 N–H and O–H groups in total. The maximum atomic E-state index is 13.2. The number of ether oxygens (including phenoxy) is 6. The lowest BCUT2D eigenvalue weighted by atomic mass is 9.65. The van der Waals surface area contributed by atoms with E-state index in [2.05, 4.69) is 0 Å². The second kappa shape index (κ2) is 14.4. The van der Waals surface area contributed by atoms with E-state index in [1.54, 1.807) is 27.7 Å². The molecule has 0 aromatic heterocycles. The van der Waals surface area contributed by atoms with Crippen molar-refractivity contribution >= 4 is 17.9 Å². The van der Waals surface area contributed by atoms with Gasteiger partial charge in [-0.2, -0.15) is 0 Å². The highest BCUT2D eigenvalue weighted by Gasteiger charge is 2.49. The molecule has 0 aromatic rings. The predicted octanol–water partition coefficient (Wildman–Crippen LogP) is 2.78. The first-order valence-electron chi connectivity index (χ1n) is 10.9. The molecule has 0 rings (SSSR count). The molecule has 0 fully saturated rings. The summed E-state index contributed by atoms with van der Waals surface area (Å²) in [4.78, 5) is 38.7. The molecule has 32 heavy (non-hydrogen) atoms. The average Bonchev–Trinajstić information content (AvgIpc) is 2.73. The van der Waals surface area contributed by atoms with Crippen LogP contribution in [0.4, 0.5) is 0 Å². The van der Waals surface area contributed by atoms with Gasteiger partial charge in [0.25, 0.3) is 0 Å². The topological polar surface area (TPSA) is 107 Å². The third kappa shape index (κ3) is 9.83. The van der Waals surface area contributed by atoms with Gasteiger partial charge >= 0.3 is 17.9 Å². The standard InChI is InChI=1S/C23H42O9/c1-9-22(4,19(25)31-14-11-28-7)17-23(5,20(26)32-15-12-29-8)16-21(2,3)18(24)30-13-10-27-6/h9-17H2,1-8H3. The van der Waals surface area contributed by atoms with Crippen LogP contribution in [0.5, 0.6) is 0 Å². The molecular formula is C23H42O9. The van der Waals surface area contributed by atoms with Crippen molar-refractivity contribution in [2.24, 2.45) is 16.2 Å². The van der Waals surface area contributed by atoms with E-state index in [1.165, 1.54) is 21.3 Å². The summed E-state index contributed by atoms with van der Waals surface area (Å²) >= 11 is 0. The smallest absolute Gasteiger partial charge is 0.311 e. The Morgan fingerprint density at radius 2 is 0.938 bits per heavy atom. The van der Waals surface area contributed by atoms with Gasteiger partial charge in [0.1, 0.15) is 19.8 Å². The number of rotatable bonds is 17. The van der Waals surface area contributed by atoms with Gasteiger partial charge in [-0.3, -0.25) is 14.4 Å². The molecular weight excluding hydrogens is 420 g/mol. The van der Waals surface area contributed by atoms with Crippen LogP contribution in [0.2, 0.25) is 0 Å². The van der Waals surface area contributed by atoms with Gasteiger partial charge in [0.2, 0.25) is 0 Å². The minimum absolute atomic E-state index is 0.0742. The zero-order valence-corrected chi connectivity index (χ0v) is 21.0. The molecule has 0 aromatic carbocycles. The van der Waals surface area contributed by atoms with Crippen LogP contribution in [0, 0.1) is 16.2 Å². The summed E-state index contributed by atoms with van der Waals surface area (Å²) in [5.74, 6) is -1.38. The first-order valence-corrected chi connectivity index (χ1v) is 10.9. The van der Waals surface area contributed by atoms with E-state index in [9.17, 15) is 14.4 Å². The molecule has 0 amide bonds. The van der Waals surface area contributed by atoms with E-state index >= 15 is 0 Å². The third-order valence-corrected chi connectivity index (χ3v) is 5.49. The Morgan fingerprint density at radius 1 is 0.562 bits per heavy atom. The number of hydrogen-bond acceptors (Lipinski definition) is 9. The monoisotopic (exact) mass is 462 g/mol. The lowest BCUT2D eigenvalue weighted by Gasteiger charge is -2.39. The summed E-state index contributed by atoms with van der Waals surface area (Å²) in [5.41, 5.74) is -3.11. The molecule has 0 saturated heterocycles. The van der Waals surface area contributed by atoms with Crippen LogP contribution in [0.3, 0.4) is 0 Å². The van der Waals surface area contributed by atoms with E-state index in [0.717, 1.165) is 0 Å². The first-order chi connectivity index (χ1) is 14.9.